The number of rotatable bonds is 11. The molecular weight excluding hydrogens is 486 g/mol. The Bertz CT molecular complexity index is 1320. The predicted molar refractivity (Wildman–Crippen MR) is 136 cm³/mol. The normalized spacial score (nSPS) is 12.1. The number of benzene rings is 3. The molecule has 0 spiro atoms. The first-order chi connectivity index (χ1) is 16.7. The third-order valence-corrected chi connectivity index (χ3v) is 9.25. The molecule has 0 aromatic heterocycles. The summed E-state index contributed by atoms with van der Waals surface area (Å²) >= 11 is 0. The number of hydrogen-bond donors (Lipinski definition) is 1. The van der Waals surface area contributed by atoms with Crippen LogP contribution in [-0.2, 0) is 31.4 Å². The molecule has 0 bridgehead atoms. The second-order valence-corrected chi connectivity index (χ2v) is 11.6. The minimum atomic E-state index is -4.12. The molecule has 0 saturated carbocycles. The Morgan fingerprint density at radius 2 is 1.14 bits per heavy atom. The van der Waals surface area contributed by atoms with Crippen LogP contribution in [0.3, 0.4) is 0 Å². The summed E-state index contributed by atoms with van der Waals surface area (Å²) in [6, 6.07) is 22.8. The molecule has 3 rings (SSSR count). The summed E-state index contributed by atoms with van der Waals surface area (Å²) in [4.78, 5) is 12.6. The summed E-state index contributed by atoms with van der Waals surface area (Å²) in [7, 11) is -7.84. The molecule has 8 nitrogen and oxygen atoms in total. The van der Waals surface area contributed by atoms with Gasteiger partial charge in [-0.1, -0.05) is 62.4 Å². The largest absolute Gasteiger partial charge is 0.325 e. The van der Waals surface area contributed by atoms with Crippen LogP contribution < -0.4 is 5.32 Å². The van der Waals surface area contributed by atoms with Gasteiger partial charge in [0.2, 0.25) is 26.0 Å². The van der Waals surface area contributed by atoms with E-state index in [0.717, 1.165) is 4.31 Å². The zero-order valence-corrected chi connectivity index (χ0v) is 21.3. The van der Waals surface area contributed by atoms with Crippen molar-refractivity contribution in [1.82, 2.24) is 8.61 Å². The molecule has 0 fully saturated rings. The summed E-state index contributed by atoms with van der Waals surface area (Å²) in [6.45, 7) is 3.65. The van der Waals surface area contributed by atoms with Gasteiger partial charge in [-0.3, -0.25) is 4.79 Å². The second-order valence-electron chi connectivity index (χ2n) is 7.73. The summed E-state index contributed by atoms with van der Waals surface area (Å²) in [5.74, 6) is -0.489. The fraction of sp³-hybridized carbons (Fsp3) is 0.240. The Labute approximate surface area is 207 Å². The number of nitrogens with one attached hydrogen (secondary N) is 1. The summed E-state index contributed by atoms with van der Waals surface area (Å²) in [5.41, 5.74) is 1.27. The average molecular weight is 516 g/mol. The van der Waals surface area contributed by atoms with E-state index in [2.05, 4.69) is 5.32 Å². The van der Waals surface area contributed by atoms with Gasteiger partial charge in [0, 0.05) is 25.3 Å². The third kappa shape index (κ3) is 6.55. The lowest BCUT2D eigenvalue weighted by Crippen LogP contribution is -2.37. The van der Waals surface area contributed by atoms with E-state index >= 15 is 0 Å². The van der Waals surface area contributed by atoms with Gasteiger partial charge in [-0.2, -0.15) is 8.61 Å². The Kier molecular flexibility index (Phi) is 8.79. The van der Waals surface area contributed by atoms with Gasteiger partial charge in [-0.25, -0.2) is 16.8 Å². The van der Waals surface area contributed by atoms with Crippen molar-refractivity contribution in [2.45, 2.75) is 30.2 Å². The fourth-order valence-electron chi connectivity index (χ4n) is 3.54. The molecule has 3 aromatic rings. The molecule has 1 N–H and O–H groups in total. The standard InChI is InChI=1S/C25H29N3O5S2/c1-3-27(4-2)34(30,31)23-15-17-24(18-16-23)35(32,33)28(19-21-11-7-5-8-12-21)20-25(29)26-22-13-9-6-10-14-22/h5-18H,3-4,19-20H2,1-2H3,(H,26,29). The molecule has 0 radical (unpaired) electrons. The lowest BCUT2D eigenvalue weighted by molar-refractivity contribution is -0.116. The Hall–Kier alpha value is -3.05. The smallest absolute Gasteiger partial charge is 0.243 e. The first kappa shape index (κ1) is 26.6. The zero-order chi connectivity index (χ0) is 25.5. The number of sulfonamides is 2. The van der Waals surface area contributed by atoms with E-state index in [1.54, 1.807) is 62.4 Å². The van der Waals surface area contributed by atoms with Crippen LogP contribution in [0.5, 0.6) is 0 Å². The highest BCUT2D eigenvalue weighted by atomic mass is 32.2. The second kappa shape index (κ2) is 11.6. The van der Waals surface area contributed by atoms with Crippen LogP contribution in [0.4, 0.5) is 5.69 Å². The minimum absolute atomic E-state index is 0.0107. The van der Waals surface area contributed by atoms with Crippen LogP contribution in [0.25, 0.3) is 0 Å². The van der Waals surface area contributed by atoms with Crippen LogP contribution in [-0.4, -0.2) is 51.0 Å². The highest BCUT2D eigenvalue weighted by Gasteiger charge is 2.28. The van der Waals surface area contributed by atoms with E-state index in [4.69, 9.17) is 0 Å². The van der Waals surface area contributed by atoms with Gasteiger partial charge in [-0.15, -0.1) is 0 Å². The average Bonchev–Trinajstić information content (AvgIpc) is 2.85. The maximum atomic E-state index is 13.5. The first-order valence-corrected chi connectivity index (χ1v) is 14.1. The van der Waals surface area contributed by atoms with Crippen molar-refractivity contribution in [1.29, 1.82) is 0 Å². The van der Waals surface area contributed by atoms with E-state index in [1.807, 2.05) is 12.1 Å². The van der Waals surface area contributed by atoms with Gasteiger partial charge in [0.25, 0.3) is 0 Å². The highest BCUT2D eigenvalue weighted by Crippen LogP contribution is 2.22. The number of anilines is 1. The molecule has 0 atom stereocenters. The first-order valence-electron chi connectivity index (χ1n) is 11.2. The Balaban J connectivity index is 1.90. The Morgan fingerprint density at radius 1 is 0.686 bits per heavy atom. The maximum Gasteiger partial charge on any atom is 0.243 e. The molecule has 0 saturated heterocycles. The van der Waals surface area contributed by atoms with Crippen molar-refractivity contribution in [3.05, 3.63) is 90.5 Å². The zero-order valence-electron chi connectivity index (χ0n) is 19.7. The number of para-hydroxylation sites is 1. The van der Waals surface area contributed by atoms with Crippen molar-refractivity contribution in [3.63, 3.8) is 0 Å². The van der Waals surface area contributed by atoms with Crippen LogP contribution in [0.15, 0.2) is 94.7 Å². The van der Waals surface area contributed by atoms with Gasteiger partial charge in [0.15, 0.2) is 0 Å². The number of amides is 1. The minimum Gasteiger partial charge on any atom is -0.325 e. The lowest BCUT2D eigenvalue weighted by Gasteiger charge is -2.22. The van der Waals surface area contributed by atoms with Crippen LogP contribution in [0.1, 0.15) is 19.4 Å². The highest BCUT2D eigenvalue weighted by molar-refractivity contribution is 7.89. The van der Waals surface area contributed by atoms with E-state index in [1.165, 1.54) is 28.6 Å². The number of hydrogen-bond acceptors (Lipinski definition) is 5. The molecule has 35 heavy (non-hydrogen) atoms. The molecule has 0 aliphatic heterocycles. The molecule has 186 valence electrons. The SMILES string of the molecule is CCN(CC)S(=O)(=O)c1ccc(S(=O)(=O)N(CC(=O)Nc2ccccc2)Cc2ccccc2)cc1. The number of nitrogens with zero attached hydrogens (tertiary/aromatic N) is 2. The van der Waals surface area contributed by atoms with Crippen molar-refractivity contribution in [2.75, 3.05) is 25.0 Å². The summed E-state index contributed by atoms with van der Waals surface area (Å²) in [6.07, 6.45) is 0. The molecule has 0 aliphatic carbocycles. The van der Waals surface area contributed by atoms with Gasteiger partial charge in [0.05, 0.1) is 16.3 Å². The van der Waals surface area contributed by atoms with Gasteiger partial charge in [0.1, 0.15) is 0 Å². The molecule has 0 aliphatic rings. The van der Waals surface area contributed by atoms with Crippen molar-refractivity contribution in [2.24, 2.45) is 0 Å². The molecular formula is C25H29N3O5S2. The summed E-state index contributed by atoms with van der Waals surface area (Å²) < 4.78 is 54.9. The van der Waals surface area contributed by atoms with Crippen molar-refractivity contribution in [3.8, 4) is 0 Å². The predicted octanol–water partition coefficient (Wildman–Crippen LogP) is 3.55. The van der Waals surface area contributed by atoms with E-state index in [9.17, 15) is 21.6 Å². The quantitative estimate of drug-likeness (QED) is 0.421. The van der Waals surface area contributed by atoms with Crippen molar-refractivity contribution < 1.29 is 21.6 Å². The topological polar surface area (TPSA) is 104 Å². The molecule has 10 heteroatoms. The Morgan fingerprint density at radius 3 is 1.63 bits per heavy atom. The van der Waals surface area contributed by atoms with Crippen LogP contribution in [0, 0.1) is 0 Å². The van der Waals surface area contributed by atoms with E-state index in [-0.39, 0.29) is 16.3 Å². The molecule has 0 unspecified atom stereocenters. The number of carbonyl (C=O) groups is 1. The summed E-state index contributed by atoms with van der Waals surface area (Å²) in [5, 5.41) is 2.71. The fourth-order valence-corrected chi connectivity index (χ4v) is 6.38. The molecule has 1 amide bonds. The van der Waals surface area contributed by atoms with Gasteiger partial charge >= 0.3 is 0 Å². The third-order valence-electron chi connectivity index (χ3n) is 5.38. The van der Waals surface area contributed by atoms with Crippen LogP contribution >= 0.6 is 0 Å². The van der Waals surface area contributed by atoms with Crippen LogP contribution in [0.2, 0.25) is 0 Å². The molecule has 0 heterocycles. The lowest BCUT2D eigenvalue weighted by atomic mass is 10.2. The van der Waals surface area contributed by atoms with Gasteiger partial charge < -0.3 is 5.32 Å². The molecule has 3 aromatic carbocycles. The number of carbonyl (C=O) groups excluding carboxylic acids is 1. The van der Waals surface area contributed by atoms with E-state index < -0.39 is 32.5 Å². The monoisotopic (exact) mass is 515 g/mol. The van der Waals surface area contributed by atoms with Crippen molar-refractivity contribution >= 4 is 31.6 Å². The van der Waals surface area contributed by atoms with Gasteiger partial charge in [-0.05, 0) is 42.0 Å². The maximum absolute atomic E-state index is 13.5. The van der Waals surface area contributed by atoms with E-state index in [0.29, 0.717) is 24.3 Å².